The summed E-state index contributed by atoms with van der Waals surface area (Å²) in [5.41, 5.74) is 0.748. The summed E-state index contributed by atoms with van der Waals surface area (Å²) in [5, 5.41) is 2.60. The molecule has 7 heteroatoms. The third-order valence-corrected chi connectivity index (χ3v) is 3.72. The predicted octanol–water partition coefficient (Wildman–Crippen LogP) is 2.13. The van der Waals surface area contributed by atoms with Crippen LogP contribution in [0.15, 0.2) is 78.0 Å². The van der Waals surface area contributed by atoms with Crippen molar-refractivity contribution in [3.63, 3.8) is 0 Å². The van der Waals surface area contributed by atoms with Gasteiger partial charge in [0, 0.05) is 24.7 Å². The number of nitrogens with one attached hydrogen (secondary N) is 1. The number of pyridine rings is 1. The molecule has 0 radical (unpaired) electrons. The highest BCUT2D eigenvalue weighted by atomic mass is 16.2. The lowest BCUT2D eigenvalue weighted by molar-refractivity contribution is 0.102. The number of benzene rings is 1. The average molecular weight is 331 g/mol. The van der Waals surface area contributed by atoms with E-state index in [2.05, 4.69) is 15.3 Å². The van der Waals surface area contributed by atoms with Crippen molar-refractivity contribution in [2.45, 2.75) is 0 Å². The second kappa shape index (κ2) is 6.04. The fraction of sp³-hybridized carbons (Fsp3) is 0. The number of para-hydroxylation sites is 1. The van der Waals surface area contributed by atoms with Gasteiger partial charge in [-0.1, -0.05) is 24.3 Å². The number of carbonyl (C=O) groups excluding carboxylic acids is 1. The molecule has 0 saturated heterocycles. The summed E-state index contributed by atoms with van der Waals surface area (Å²) in [6.45, 7) is 0. The molecular formula is C18H13N5O2. The molecule has 0 aliphatic heterocycles. The van der Waals surface area contributed by atoms with E-state index < -0.39 is 11.5 Å². The van der Waals surface area contributed by atoms with Gasteiger partial charge in [0.25, 0.3) is 11.5 Å². The van der Waals surface area contributed by atoms with Crippen LogP contribution in [0.25, 0.3) is 11.3 Å². The highest BCUT2D eigenvalue weighted by molar-refractivity contribution is 6.03. The van der Waals surface area contributed by atoms with E-state index in [0.717, 1.165) is 5.69 Å². The lowest BCUT2D eigenvalue weighted by atomic mass is 10.3. The molecule has 1 amide bonds. The minimum absolute atomic E-state index is 0.0564. The normalized spacial score (nSPS) is 10.7. The van der Waals surface area contributed by atoms with Crippen molar-refractivity contribution in [1.82, 2.24) is 19.2 Å². The number of hydrogen-bond donors (Lipinski definition) is 1. The number of hydrogen-bond acceptors (Lipinski definition) is 4. The van der Waals surface area contributed by atoms with Crippen molar-refractivity contribution < 1.29 is 4.79 Å². The topological polar surface area (TPSA) is 81.3 Å². The van der Waals surface area contributed by atoms with E-state index in [1.807, 2.05) is 30.3 Å². The van der Waals surface area contributed by atoms with Gasteiger partial charge in [0.05, 0.1) is 5.69 Å². The molecule has 25 heavy (non-hydrogen) atoms. The van der Waals surface area contributed by atoms with Gasteiger partial charge in [-0.05, 0) is 24.3 Å². The Hall–Kier alpha value is -3.74. The number of amides is 1. The van der Waals surface area contributed by atoms with Gasteiger partial charge < -0.3 is 5.32 Å². The zero-order valence-electron chi connectivity index (χ0n) is 13.0. The summed E-state index contributed by atoms with van der Waals surface area (Å²) in [6, 6.07) is 16.2. The number of rotatable bonds is 3. The molecule has 0 fully saturated rings. The molecule has 0 atom stereocenters. The number of anilines is 1. The molecule has 4 rings (SSSR count). The van der Waals surface area contributed by atoms with Gasteiger partial charge in [-0.25, -0.2) is 9.97 Å². The second-order valence-electron chi connectivity index (χ2n) is 5.31. The van der Waals surface area contributed by atoms with Crippen LogP contribution in [0.2, 0.25) is 0 Å². The van der Waals surface area contributed by atoms with Crippen molar-refractivity contribution in [3.8, 4) is 5.69 Å². The van der Waals surface area contributed by atoms with Gasteiger partial charge in [0.15, 0.2) is 5.65 Å². The Morgan fingerprint density at radius 1 is 0.960 bits per heavy atom. The van der Waals surface area contributed by atoms with Gasteiger partial charge in [-0.15, -0.1) is 0 Å². The SMILES string of the molecule is O=C(Nc1ccccn1)c1cnc2ccn(-c3ccccc3)n2c1=O. The fourth-order valence-corrected chi connectivity index (χ4v) is 2.54. The van der Waals surface area contributed by atoms with Crippen LogP contribution in [0.1, 0.15) is 10.4 Å². The molecule has 0 saturated carbocycles. The second-order valence-corrected chi connectivity index (χ2v) is 5.31. The van der Waals surface area contributed by atoms with Gasteiger partial charge in [0.2, 0.25) is 0 Å². The van der Waals surface area contributed by atoms with Crippen LogP contribution < -0.4 is 10.9 Å². The Balaban J connectivity index is 1.80. The molecule has 122 valence electrons. The molecule has 0 aliphatic carbocycles. The van der Waals surface area contributed by atoms with Crippen molar-refractivity contribution in [1.29, 1.82) is 0 Å². The van der Waals surface area contributed by atoms with Crippen LogP contribution in [-0.2, 0) is 0 Å². The molecule has 0 bridgehead atoms. The molecule has 0 unspecified atom stereocenters. The molecule has 3 heterocycles. The Bertz CT molecular complexity index is 1100. The zero-order valence-corrected chi connectivity index (χ0v) is 13.0. The van der Waals surface area contributed by atoms with Crippen LogP contribution in [-0.4, -0.2) is 25.1 Å². The van der Waals surface area contributed by atoms with Crippen LogP contribution >= 0.6 is 0 Å². The quantitative estimate of drug-likeness (QED) is 0.623. The summed E-state index contributed by atoms with van der Waals surface area (Å²) in [7, 11) is 0. The summed E-state index contributed by atoms with van der Waals surface area (Å²) < 4.78 is 3.02. The molecule has 7 nitrogen and oxygen atoms in total. The van der Waals surface area contributed by atoms with Crippen LogP contribution in [0.4, 0.5) is 5.82 Å². The molecule has 0 aliphatic rings. The molecule has 1 N–H and O–H groups in total. The van der Waals surface area contributed by atoms with Crippen molar-refractivity contribution in [2.24, 2.45) is 0 Å². The van der Waals surface area contributed by atoms with E-state index in [1.54, 1.807) is 41.3 Å². The smallest absolute Gasteiger partial charge is 0.286 e. The van der Waals surface area contributed by atoms with Crippen LogP contribution in [0, 0.1) is 0 Å². The number of aromatic nitrogens is 4. The van der Waals surface area contributed by atoms with Gasteiger partial charge in [-0.3, -0.25) is 14.3 Å². The Labute approximate surface area is 142 Å². The summed E-state index contributed by atoms with van der Waals surface area (Å²) in [4.78, 5) is 33.5. The first-order valence-electron chi connectivity index (χ1n) is 7.61. The van der Waals surface area contributed by atoms with E-state index in [-0.39, 0.29) is 5.56 Å². The minimum Gasteiger partial charge on any atom is -0.306 e. The van der Waals surface area contributed by atoms with Crippen molar-refractivity contribution in [2.75, 3.05) is 5.32 Å². The largest absolute Gasteiger partial charge is 0.306 e. The van der Waals surface area contributed by atoms with Gasteiger partial charge in [-0.2, -0.15) is 4.52 Å². The number of nitrogens with zero attached hydrogens (tertiary/aromatic N) is 4. The molecular weight excluding hydrogens is 318 g/mol. The Morgan fingerprint density at radius 3 is 2.52 bits per heavy atom. The van der Waals surface area contributed by atoms with Gasteiger partial charge >= 0.3 is 0 Å². The highest BCUT2D eigenvalue weighted by Crippen LogP contribution is 2.10. The maximum absolute atomic E-state index is 12.8. The van der Waals surface area contributed by atoms with Gasteiger partial charge in [0.1, 0.15) is 11.4 Å². The minimum atomic E-state index is -0.550. The van der Waals surface area contributed by atoms with E-state index in [1.165, 1.54) is 10.7 Å². The summed E-state index contributed by atoms with van der Waals surface area (Å²) in [5.74, 6) is -0.179. The molecule has 4 aromatic rings. The standard InChI is InChI=1S/C18H13N5O2/c24-17(21-15-8-4-5-10-19-15)14-12-20-16-9-11-22(23(16)18(14)25)13-6-2-1-3-7-13/h1-12H,(H,19,21,24). The maximum Gasteiger partial charge on any atom is 0.286 e. The van der Waals surface area contributed by atoms with Crippen LogP contribution in [0.5, 0.6) is 0 Å². The lowest BCUT2D eigenvalue weighted by Crippen LogP contribution is -2.29. The van der Waals surface area contributed by atoms with E-state index in [0.29, 0.717) is 11.5 Å². The Morgan fingerprint density at radius 2 is 1.76 bits per heavy atom. The first-order chi connectivity index (χ1) is 12.2. The monoisotopic (exact) mass is 331 g/mol. The van der Waals surface area contributed by atoms with Crippen molar-refractivity contribution in [3.05, 3.63) is 89.1 Å². The van der Waals surface area contributed by atoms with Crippen molar-refractivity contribution >= 4 is 17.4 Å². The third kappa shape index (κ3) is 2.67. The average Bonchev–Trinajstić information content (AvgIpc) is 3.08. The Kier molecular flexibility index (Phi) is 3.59. The molecule has 3 aromatic heterocycles. The summed E-state index contributed by atoms with van der Waals surface area (Å²) in [6.07, 6.45) is 4.58. The predicted molar refractivity (Wildman–Crippen MR) is 93.0 cm³/mol. The third-order valence-electron chi connectivity index (χ3n) is 3.72. The van der Waals surface area contributed by atoms with E-state index in [9.17, 15) is 9.59 Å². The molecule has 1 aromatic carbocycles. The highest BCUT2D eigenvalue weighted by Gasteiger charge is 2.16. The lowest BCUT2D eigenvalue weighted by Gasteiger charge is -2.08. The van der Waals surface area contributed by atoms with E-state index in [4.69, 9.17) is 0 Å². The first kappa shape index (κ1) is 14.8. The molecule has 0 spiro atoms. The number of fused-ring (bicyclic) bond motifs is 1. The first-order valence-corrected chi connectivity index (χ1v) is 7.61. The zero-order chi connectivity index (χ0) is 17.2. The number of carbonyl (C=O) groups is 1. The van der Waals surface area contributed by atoms with Crippen LogP contribution in [0.3, 0.4) is 0 Å². The summed E-state index contributed by atoms with van der Waals surface area (Å²) >= 11 is 0. The van der Waals surface area contributed by atoms with E-state index >= 15 is 0 Å². The maximum atomic E-state index is 12.8. The fourth-order valence-electron chi connectivity index (χ4n) is 2.54.